The quantitative estimate of drug-likeness (QED) is 0.377. The second-order valence-electron chi connectivity index (χ2n) is 4.83. The lowest BCUT2D eigenvalue weighted by molar-refractivity contribution is -0.384. The maximum atomic E-state index is 10.6. The molecule has 0 fully saturated rings. The summed E-state index contributed by atoms with van der Waals surface area (Å²) in [6.45, 7) is 1.99. The van der Waals surface area contributed by atoms with Crippen molar-refractivity contribution in [2.45, 2.75) is 6.92 Å². The molecule has 7 nitrogen and oxygen atoms in total. The minimum Gasteiger partial charge on any atom is -0.331 e. The van der Waals surface area contributed by atoms with Crippen LogP contribution in [0.1, 0.15) is 5.56 Å². The molecule has 0 unspecified atom stereocenters. The number of aryl methyl sites for hydroxylation is 1. The van der Waals surface area contributed by atoms with Crippen molar-refractivity contribution in [3.05, 3.63) is 64.2 Å². The van der Waals surface area contributed by atoms with E-state index in [9.17, 15) is 10.1 Å². The average molecular weight is 361 g/mol. The summed E-state index contributed by atoms with van der Waals surface area (Å²) in [5.74, 6) is 0. The molecule has 0 atom stereocenters. The zero-order valence-corrected chi connectivity index (χ0v) is 14.3. The van der Waals surface area contributed by atoms with Crippen LogP contribution in [0.5, 0.6) is 0 Å². The van der Waals surface area contributed by atoms with E-state index in [0.29, 0.717) is 10.8 Å². The first-order valence-electron chi connectivity index (χ1n) is 6.89. The summed E-state index contributed by atoms with van der Waals surface area (Å²) >= 11 is 10.3. The zero-order valence-electron chi connectivity index (χ0n) is 12.7. The van der Waals surface area contributed by atoms with Crippen LogP contribution in [0.3, 0.4) is 0 Å². The third-order valence-electron chi connectivity index (χ3n) is 2.90. The molecular weight excluding hydrogens is 346 g/mol. The summed E-state index contributed by atoms with van der Waals surface area (Å²) in [5.41, 5.74) is 8.11. The van der Waals surface area contributed by atoms with Gasteiger partial charge >= 0.3 is 0 Å². The van der Waals surface area contributed by atoms with E-state index in [1.165, 1.54) is 12.1 Å². The summed E-state index contributed by atoms with van der Waals surface area (Å²) in [5, 5.41) is 17.1. The van der Waals surface area contributed by atoms with Crippen LogP contribution in [0.25, 0.3) is 0 Å². The molecule has 0 aliphatic carbocycles. The number of nitro groups is 1. The van der Waals surface area contributed by atoms with Gasteiger partial charge in [-0.25, -0.2) is 0 Å². The molecule has 0 aliphatic heterocycles. The molecule has 0 spiro atoms. The normalized spacial score (nSPS) is 9.71. The third-order valence-corrected chi connectivity index (χ3v) is 3.31. The molecule has 0 amide bonds. The van der Waals surface area contributed by atoms with Crippen molar-refractivity contribution in [1.29, 1.82) is 0 Å². The molecule has 0 radical (unpaired) electrons. The van der Waals surface area contributed by atoms with Gasteiger partial charge in [-0.3, -0.25) is 21.0 Å². The minimum atomic E-state index is -0.461. The van der Waals surface area contributed by atoms with Crippen LogP contribution in [0.2, 0.25) is 0 Å². The van der Waals surface area contributed by atoms with Gasteiger partial charge in [-0.2, -0.15) is 0 Å². The van der Waals surface area contributed by atoms with E-state index < -0.39 is 4.92 Å². The van der Waals surface area contributed by atoms with Crippen LogP contribution < -0.4 is 21.5 Å². The molecule has 9 heteroatoms. The second kappa shape index (κ2) is 8.18. The van der Waals surface area contributed by atoms with Crippen molar-refractivity contribution >= 4 is 51.7 Å². The standard InChI is InChI=1S/C15H15N5O2S2/c1-10-3-2-4-12(9-10)17-15(24)19-18-14(23)16-11-5-7-13(8-6-11)20(21)22/h2-9H,1H3,(H2,16,18,23)(H2,17,19,24). The highest BCUT2D eigenvalue weighted by molar-refractivity contribution is 7.81. The SMILES string of the molecule is Cc1cccc(NC(=S)NNC(=S)Nc2ccc([N+](=O)[O-])cc2)c1. The van der Waals surface area contributed by atoms with Crippen LogP contribution in [0, 0.1) is 17.0 Å². The van der Waals surface area contributed by atoms with Crippen molar-refractivity contribution in [2.24, 2.45) is 0 Å². The Balaban J connectivity index is 1.80. The van der Waals surface area contributed by atoms with Crippen LogP contribution in [0.4, 0.5) is 17.1 Å². The highest BCUT2D eigenvalue weighted by Gasteiger charge is 2.05. The first kappa shape index (κ1) is 17.6. The maximum absolute atomic E-state index is 10.6. The Morgan fingerprint density at radius 2 is 1.54 bits per heavy atom. The summed E-state index contributed by atoms with van der Waals surface area (Å²) in [6, 6.07) is 13.7. The fourth-order valence-electron chi connectivity index (χ4n) is 1.83. The molecule has 0 saturated heterocycles. The summed E-state index contributed by atoms with van der Waals surface area (Å²) in [4.78, 5) is 10.1. The Morgan fingerprint density at radius 3 is 2.08 bits per heavy atom. The molecular formula is C15H15N5O2S2. The lowest BCUT2D eigenvalue weighted by Crippen LogP contribution is -2.45. The van der Waals surface area contributed by atoms with Gasteiger partial charge in [-0.1, -0.05) is 12.1 Å². The Morgan fingerprint density at radius 1 is 0.958 bits per heavy atom. The van der Waals surface area contributed by atoms with E-state index in [1.54, 1.807) is 12.1 Å². The first-order chi connectivity index (χ1) is 11.4. The molecule has 0 bridgehead atoms. The number of anilines is 2. The highest BCUT2D eigenvalue weighted by Crippen LogP contribution is 2.15. The minimum absolute atomic E-state index is 0.0149. The molecule has 4 N–H and O–H groups in total. The van der Waals surface area contributed by atoms with E-state index in [0.717, 1.165) is 11.3 Å². The average Bonchev–Trinajstić information content (AvgIpc) is 2.53. The van der Waals surface area contributed by atoms with E-state index in [-0.39, 0.29) is 10.8 Å². The van der Waals surface area contributed by atoms with Gasteiger partial charge in [-0.05, 0) is 61.2 Å². The van der Waals surface area contributed by atoms with Gasteiger partial charge in [-0.15, -0.1) is 0 Å². The second-order valence-corrected chi connectivity index (χ2v) is 5.65. The number of non-ortho nitro benzene ring substituents is 1. The predicted molar refractivity (Wildman–Crippen MR) is 103 cm³/mol. The Bertz CT molecular complexity index is 765. The number of hydrogen-bond donors (Lipinski definition) is 4. The first-order valence-corrected chi connectivity index (χ1v) is 7.71. The number of hydrazine groups is 1. The number of benzene rings is 2. The van der Waals surface area contributed by atoms with Gasteiger partial charge in [0.1, 0.15) is 0 Å². The van der Waals surface area contributed by atoms with Crippen LogP contribution in [0.15, 0.2) is 48.5 Å². The van der Waals surface area contributed by atoms with Crippen LogP contribution in [-0.2, 0) is 0 Å². The van der Waals surface area contributed by atoms with Gasteiger partial charge in [0.15, 0.2) is 10.2 Å². The van der Waals surface area contributed by atoms with Gasteiger partial charge in [0.25, 0.3) is 5.69 Å². The van der Waals surface area contributed by atoms with E-state index in [2.05, 4.69) is 21.5 Å². The van der Waals surface area contributed by atoms with Crippen LogP contribution >= 0.6 is 24.4 Å². The fourth-order valence-corrected chi connectivity index (χ4v) is 2.17. The maximum Gasteiger partial charge on any atom is 0.269 e. The predicted octanol–water partition coefficient (Wildman–Crippen LogP) is 3.09. The fraction of sp³-hybridized carbons (Fsp3) is 0.0667. The molecule has 0 aromatic heterocycles. The lowest BCUT2D eigenvalue weighted by atomic mass is 10.2. The summed E-state index contributed by atoms with van der Waals surface area (Å²) < 4.78 is 0. The van der Waals surface area contributed by atoms with Gasteiger partial charge in [0, 0.05) is 23.5 Å². The van der Waals surface area contributed by atoms with Crippen molar-refractivity contribution in [1.82, 2.24) is 10.9 Å². The highest BCUT2D eigenvalue weighted by atomic mass is 32.1. The molecule has 2 rings (SSSR count). The number of nitrogens with one attached hydrogen (secondary N) is 4. The van der Waals surface area contributed by atoms with E-state index >= 15 is 0 Å². The monoisotopic (exact) mass is 361 g/mol. The summed E-state index contributed by atoms with van der Waals surface area (Å²) in [7, 11) is 0. The van der Waals surface area contributed by atoms with E-state index in [4.69, 9.17) is 24.4 Å². The lowest BCUT2D eigenvalue weighted by Gasteiger charge is -2.14. The van der Waals surface area contributed by atoms with Crippen molar-refractivity contribution in [3.8, 4) is 0 Å². The summed E-state index contributed by atoms with van der Waals surface area (Å²) in [6.07, 6.45) is 0. The third kappa shape index (κ3) is 5.45. The molecule has 24 heavy (non-hydrogen) atoms. The topological polar surface area (TPSA) is 91.3 Å². The Labute approximate surface area is 149 Å². The Kier molecular flexibility index (Phi) is 5.99. The van der Waals surface area contributed by atoms with Crippen molar-refractivity contribution in [2.75, 3.05) is 10.6 Å². The molecule has 0 heterocycles. The van der Waals surface area contributed by atoms with Crippen molar-refractivity contribution < 1.29 is 4.92 Å². The number of nitro benzene ring substituents is 1. The number of rotatable bonds is 3. The number of hydrogen-bond acceptors (Lipinski definition) is 4. The van der Waals surface area contributed by atoms with Gasteiger partial charge < -0.3 is 10.6 Å². The largest absolute Gasteiger partial charge is 0.331 e. The molecule has 2 aromatic rings. The molecule has 0 saturated carbocycles. The smallest absolute Gasteiger partial charge is 0.269 e. The molecule has 2 aromatic carbocycles. The molecule has 0 aliphatic rings. The zero-order chi connectivity index (χ0) is 17.5. The van der Waals surface area contributed by atoms with Crippen LogP contribution in [-0.4, -0.2) is 15.1 Å². The molecule has 124 valence electrons. The van der Waals surface area contributed by atoms with Gasteiger partial charge in [0.2, 0.25) is 0 Å². The van der Waals surface area contributed by atoms with Crippen molar-refractivity contribution in [3.63, 3.8) is 0 Å². The van der Waals surface area contributed by atoms with E-state index in [1.807, 2.05) is 31.2 Å². The number of nitrogens with zero attached hydrogens (tertiary/aromatic N) is 1. The Hall–Kier alpha value is -2.78. The number of thiocarbonyl (C=S) groups is 2. The van der Waals surface area contributed by atoms with Gasteiger partial charge in [0.05, 0.1) is 4.92 Å².